The number of phosphoric acid groups is 1. The number of esters is 2. The molecule has 0 aromatic rings. The van der Waals surface area contributed by atoms with E-state index in [4.69, 9.17) is 18.5 Å². The second-order valence-corrected chi connectivity index (χ2v) is 16.0. The summed E-state index contributed by atoms with van der Waals surface area (Å²) in [6.07, 6.45) is 35.9. The molecule has 0 aliphatic heterocycles. The van der Waals surface area contributed by atoms with E-state index in [1.165, 1.54) is 32.1 Å². The first-order valence-electron chi connectivity index (χ1n) is 20.1. The number of nitrogens with zero attached hydrogens (tertiary/aromatic N) is 1. The average molecular weight is 769 g/mol. The highest BCUT2D eigenvalue weighted by Gasteiger charge is 2.27. The molecule has 0 heterocycles. The minimum atomic E-state index is -4.43. The van der Waals surface area contributed by atoms with Crippen LogP contribution in [0.1, 0.15) is 136 Å². The van der Waals surface area contributed by atoms with E-state index in [9.17, 15) is 24.2 Å². The standard InChI is InChI=1S/C42H74NO9P/c1-6-8-10-12-14-16-18-19-21-22-24-26-28-31-39(44)32-30-34-42(46)52-40(38-51-53(47,48)50-36-35-43(3,4)5)37-49-41(45)33-29-27-25-23-20-17-15-13-11-9-7-2/h13-16,19,21,24,26,28,31,39-40,44H,6-12,17-18,20,22-23,25,27,29-30,32-38H2,1-5H3/p+1/b15-13-,16-14-,21-19-,26-24-,31-28+/t39-,40+/m0/s1. The van der Waals surface area contributed by atoms with Crippen molar-refractivity contribution in [2.75, 3.05) is 47.5 Å². The molecule has 0 spiro atoms. The van der Waals surface area contributed by atoms with Gasteiger partial charge in [-0.05, 0) is 64.2 Å². The molecule has 0 saturated heterocycles. The summed E-state index contributed by atoms with van der Waals surface area (Å²) in [5.41, 5.74) is 0. The number of quaternary nitrogens is 1. The number of carbonyl (C=O) groups excluding carboxylic acids is 2. The van der Waals surface area contributed by atoms with Gasteiger partial charge in [-0.3, -0.25) is 18.6 Å². The molecule has 0 aliphatic rings. The Morgan fingerprint density at radius 3 is 1.96 bits per heavy atom. The Bertz CT molecular complexity index is 1110. The van der Waals surface area contributed by atoms with Crippen LogP contribution in [0.15, 0.2) is 60.8 Å². The second kappa shape index (κ2) is 34.2. The molecule has 0 aromatic heterocycles. The van der Waals surface area contributed by atoms with Crippen LogP contribution in [0.25, 0.3) is 0 Å². The summed E-state index contributed by atoms with van der Waals surface area (Å²) in [5, 5.41) is 10.3. The van der Waals surface area contributed by atoms with E-state index in [2.05, 4.69) is 50.3 Å². The largest absolute Gasteiger partial charge is 0.472 e. The van der Waals surface area contributed by atoms with E-state index in [-0.39, 0.29) is 26.1 Å². The van der Waals surface area contributed by atoms with Crippen molar-refractivity contribution in [3.05, 3.63) is 60.8 Å². The summed E-state index contributed by atoms with van der Waals surface area (Å²) in [7, 11) is 1.34. The van der Waals surface area contributed by atoms with Crippen molar-refractivity contribution < 1.29 is 47.2 Å². The van der Waals surface area contributed by atoms with Crippen LogP contribution in [0.2, 0.25) is 0 Å². The molecule has 10 nitrogen and oxygen atoms in total. The summed E-state index contributed by atoms with van der Waals surface area (Å²) >= 11 is 0. The van der Waals surface area contributed by atoms with Crippen LogP contribution >= 0.6 is 7.82 Å². The molecule has 2 N–H and O–H groups in total. The number of carbonyl (C=O) groups is 2. The number of rotatable bonds is 35. The van der Waals surface area contributed by atoms with Gasteiger partial charge in [0.05, 0.1) is 33.9 Å². The van der Waals surface area contributed by atoms with E-state index in [0.717, 1.165) is 57.8 Å². The quantitative estimate of drug-likeness (QED) is 0.0162. The van der Waals surface area contributed by atoms with Crippen LogP contribution in [0.4, 0.5) is 0 Å². The maximum absolute atomic E-state index is 12.6. The smallest absolute Gasteiger partial charge is 0.462 e. The fourth-order valence-electron chi connectivity index (χ4n) is 4.86. The van der Waals surface area contributed by atoms with Gasteiger partial charge in [-0.2, -0.15) is 0 Å². The number of ether oxygens (including phenoxy) is 2. The number of unbranched alkanes of at least 4 members (excludes halogenated alkanes) is 10. The van der Waals surface area contributed by atoms with Crippen LogP contribution in [0.3, 0.4) is 0 Å². The number of hydrogen-bond acceptors (Lipinski definition) is 8. The Labute approximate surface area is 322 Å². The molecule has 1 unspecified atom stereocenters. The lowest BCUT2D eigenvalue weighted by molar-refractivity contribution is -0.870. The Morgan fingerprint density at radius 1 is 0.679 bits per heavy atom. The number of likely N-dealkylation sites (N-methyl/N-ethyl adjacent to an activating group) is 1. The van der Waals surface area contributed by atoms with Crippen LogP contribution in [0.5, 0.6) is 0 Å². The number of aliphatic hydroxyl groups is 1. The Balaban J connectivity index is 4.65. The lowest BCUT2D eigenvalue weighted by Crippen LogP contribution is -2.37. The zero-order valence-corrected chi connectivity index (χ0v) is 34.7. The van der Waals surface area contributed by atoms with Crippen LogP contribution < -0.4 is 0 Å². The second-order valence-electron chi connectivity index (χ2n) is 14.5. The molecule has 0 saturated carbocycles. The first-order valence-corrected chi connectivity index (χ1v) is 21.6. The SMILES string of the molecule is CCCC/C=C\CCCCCCCC(=O)OC[C@H](COP(=O)(O)OCC[N+](C)(C)C)OC(=O)CCC[C@@H](O)/C=C/C=C\C/C=C\C/C=C\CCCCC. The third kappa shape index (κ3) is 37.8. The highest BCUT2D eigenvalue weighted by molar-refractivity contribution is 7.47. The van der Waals surface area contributed by atoms with Gasteiger partial charge in [0, 0.05) is 12.8 Å². The minimum absolute atomic E-state index is 0.00683. The van der Waals surface area contributed by atoms with Gasteiger partial charge in [-0.25, -0.2) is 4.57 Å². The Kier molecular flexibility index (Phi) is 32.7. The highest BCUT2D eigenvalue weighted by atomic mass is 31.2. The van der Waals surface area contributed by atoms with Crippen LogP contribution in [-0.2, 0) is 32.7 Å². The molecule has 0 fully saturated rings. The third-order valence-electron chi connectivity index (χ3n) is 8.12. The molecule has 11 heteroatoms. The van der Waals surface area contributed by atoms with Crippen molar-refractivity contribution in [3.8, 4) is 0 Å². The molecule has 0 rings (SSSR count). The van der Waals surface area contributed by atoms with E-state index >= 15 is 0 Å². The summed E-state index contributed by atoms with van der Waals surface area (Å²) < 4.78 is 34.0. The molecule has 0 aliphatic carbocycles. The summed E-state index contributed by atoms with van der Waals surface area (Å²) in [4.78, 5) is 35.2. The molecule has 0 bridgehead atoms. The van der Waals surface area contributed by atoms with E-state index in [1.54, 1.807) is 12.2 Å². The molecule has 53 heavy (non-hydrogen) atoms. The summed E-state index contributed by atoms with van der Waals surface area (Å²) in [5.74, 6) is -1.02. The van der Waals surface area contributed by atoms with Gasteiger partial charge in [-0.1, -0.05) is 120 Å². The fourth-order valence-corrected chi connectivity index (χ4v) is 5.60. The van der Waals surface area contributed by atoms with E-state index in [0.29, 0.717) is 30.3 Å². The van der Waals surface area contributed by atoms with Crippen LogP contribution in [-0.4, -0.2) is 86.1 Å². The zero-order chi connectivity index (χ0) is 39.5. The zero-order valence-electron chi connectivity index (χ0n) is 33.8. The molecular weight excluding hydrogens is 693 g/mol. The normalized spacial score (nSPS) is 14.9. The fraction of sp³-hybridized carbons (Fsp3) is 0.714. The van der Waals surface area contributed by atoms with Crippen molar-refractivity contribution in [1.29, 1.82) is 0 Å². The highest BCUT2D eigenvalue weighted by Crippen LogP contribution is 2.43. The summed E-state index contributed by atoms with van der Waals surface area (Å²) in [6, 6.07) is 0. The van der Waals surface area contributed by atoms with Gasteiger partial charge in [0.25, 0.3) is 0 Å². The van der Waals surface area contributed by atoms with Gasteiger partial charge in [0.1, 0.15) is 19.8 Å². The molecule has 0 amide bonds. The van der Waals surface area contributed by atoms with Crippen molar-refractivity contribution in [1.82, 2.24) is 0 Å². The van der Waals surface area contributed by atoms with E-state index in [1.807, 2.05) is 33.3 Å². The minimum Gasteiger partial charge on any atom is -0.462 e. The Morgan fingerprint density at radius 2 is 1.26 bits per heavy atom. The number of phosphoric ester groups is 1. The lowest BCUT2D eigenvalue weighted by Gasteiger charge is -2.24. The lowest BCUT2D eigenvalue weighted by atomic mass is 10.1. The molecule has 306 valence electrons. The van der Waals surface area contributed by atoms with Crippen molar-refractivity contribution in [2.24, 2.45) is 0 Å². The van der Waals surface area contributed by atoms with E-state index < -0.39 is 38.6 Å². The number of allylic oxidation sites excluding steroid dienone is 9. The van der Waals surface area contributed by atoms with Gasteiger partial charge in [-0.15, -0.1) is 0 Å². The Hall–Kier alpha value is -2.33. The first-order chi connectivity index (χ1) is 25.4. The number of hydrogen-bond donors (Lipinski definition) is 2. The van der Waals surface area contributed by atoms with Gasteiger partial charge < -0.3 is 24.0 Å². The summed E-state index contributed by atoms with van der Waals surface area (Å²) in [6.45, 7) is 4.08. The molecule has 3 atom stereocenters. The maximum Gasteiger partial charge on any atom is 0.472 e. The average Bonchev–Trinajstić information content (AvgIpc) is 3.09. The van der Waals surface area contributed by atoms with Gasteiger partial charge >= 0.3 is 19.8 Å². The predicted molar refractivity (Wildman–Crippen MR) is 216 cm³/mol. The first kappa shape index (κ1) is 50.7. The topological polar surface area (TPSA) is 129 Å². The van der Waals surface area contributed by atoms with Crippen LogP contribution in [0, 0.1) is 0 Å². The maximum atomic E-state index is 12.6. The molecular formula is C42H75NO9P+. The van der Waals surface area contributed by atoms with Gasteiger partial charge in [0.15, 0.2) is 6.10 Å². The monoisotopic (exact) mass is 769 g/mol. The molecule has 0 aromatic carbocycles. The van der Waals surface area contributed by atoms with Gasteiger partial charge in [0.2, 0.25) is 0 Å². The van der Waals surface area contributed by atoms with Crippen molar-refractivity contribution in [3.63, 3.8) is 0 Å². The number of aliphatic hydroxyl groups excluding tert-OH is 1. The third-order valence-corrected chi connectivity index (χ3v) is 9.11. The van der Waals surface area contributed by atoms with Crippen molar-refractivity contribution >= 4 is 19.8 Å². The van der Waals surface area contributed by atoms with Crippen molar-refractivity contribution in [2.45, 2.75) is 148 Å². The predicted octanol–water partition coefficient (Wildman–Crippen LogP) is 9.87. The molecule has 0 radical (unpaired) electrons.